The second-order valence-corrected chi connectivity index (χ2v) is 8.34. The summed E-state index contributed by atoms with van der Waals surface area (Å²) in [6, 6.07) is 15.0. The number of nitrogens with one attached hydrogen (secondary N) is 2. The smallest absolute Gasteiger partial charge is 0.191 e. The van der Waals surface area contributed by atoms with Crippen molar-refractivity contribution >= 4 is 29.9 Å². The molecule has 2 aromatic rings. The minimum absolute atomic E-state index is 0. The molecule has 0 fully saturated rings. The first-order valence-corrected chi connectivity index (χ1v) is 11.4. The minimum Gasteiger partial charge on any atom is -0.493 e. The third-order valence-corrected chi connectivity index (χ3v) is 5.94. The summed E-state index contributed by atoms with van der Waals surface area (Å²) in [5.41, 5.74) is 5.41. The van der Waals surface area contributed by atoms with Crippen molar-refractivity contribution in [3.05, 3.63) is 64.7 Å². The van der Waals surface area contributed by atoms with Gasteiger partial charge in [0.05, 0.1) is 19.3 Å². The van der Waals surface area contributed by atoms with Gasteiger partial charge in [-0.15, -0.1) is 24.0 Å². The van der Waals surface area contributed by atoms with Gasteiger partial charge in [-0.05, 0) is 48.1 Å². The maximum atomic E-state index is 10.5. The van der Waals surface area contributed by atoms with E-state index in [1.54, 1.807) is 0 Å². The van der Waals surface area contributed by atoms with E-state index < -0.39 is 6.10 Å². The number of β-amino-alcohol motifs (C(OH)–C–C–N with tert-alkyl or cyclic N) is 1. The van der Waals surface area contributed by atoms with Gasteiger partial charge in [0.15, 0.2) is 5.96 Å². The molecule has 0 aliphatic carbocycles. The van der Waals surface area contributed by atoms with Gasteiger partial charge in [0.1, 0.15) is 5.75 Å². The van der Waals surface area contributed by atoms with Gasteiger partial charge in [0.2, 0.25) is 0 Å². The van der Waals surface area contributed by atoms with Crippen LogP contribution in [0.4, 0.5) is 0 Å². The zero-order valence-electron chi connectivity index (χ0n) is 18.8. The van der Waals surface area contributed by atoms with Crippen LogP contribution < -0.4 is 15.4 Å². The number of benzene rings is 2. The quantitative estimate of drug-likeness (QED) is 0.268. The molecule has 6 nitrogen and oxygen atoms in total. The van der Waals surface area contributed by atoms with Crippen LogP contribution in [0.25, 0.3) is 0 Å². The molecule has 0 spiro atoms. The number of aliphatic hydroxyl groups excluding tert-OH is 1. The number of halogens is 1. The van der Waals surface area contributed by atoms with Gasteiger partial charge in [-0.3, -0.25) is 9.89 Å². The van der Waals surface area contributed by atoms with E-state index in [0.29, 0.717) is 13.1 Å². The molecule has 2 heterocycles. The van der Waals surface area contributed by atoms with Crippen LogP contribution in [-0.4, -0.2) is 61.4 Å². The van der Waals surface area contributed by atoms with Crippen molar-refractivity contribution in [1.82, 2.24) is 15.5 Å². The third kappa shape index (κ3) is 6.83. The fourth-order valence-electron chi connectivity index (χ4n) is 4.32. The number of fused-ring (bicyclic) bond motifs is 2. The van der Waals surface area contributed by atoms with E-state index in [0.717, 1.165) is 63.8 Å². The number of hydrogen-bond acceptors (Lipinski definition) is 4. The monoisotopic (exact) mass is 550 g/mol. The molecule has 174 valence electrons. The van der Waals surface area contributed by atoms with E-state index in [9.17, 15) is 5.11 Å². The molecule has 2 aliphatic rings. The van der Waals surface area contributed by atoms with Gasteiger partial charge in [-0.1, -0.05) is 36.4 Å². The van der Waals surface area contributed by atoms with Gasteiger partial charge in [0.25, 0.3) is 0 Å². The molecule has 0 saturated carbocycles. The normalized spacial score (nSPS) is 16.4. The number of ether oxygens (including phenoxy) is 1. The molecule has 2 aliphatic heterocycles. The van der Waals surface area contributed by atoms with Crippen molar-refractivity contribution in [2.75, 3.05) is 39.3 Å². The lowest BCUT2D eigenvalue weighted by Gasteiger charge is -2.30. The Balaban J connectivity index is 0.00000289. The molecular formula is C25H35IN4O2. The molecule has 0 amide bonds. The van der Waals surface area contributed by atoms with Gasteiger partial charge in [0, 0.05) is 39.1 Å². The Hall–Kier alpha value is -1.84. The molecule has 0 radical (unpaired) electrons. The molecule has 2 aromatic carbocycles. The van der Waals surface area contributed by atoms with E-state index in [1.165, 1.54) is 22.3 Å². The van der Waals surface area contributed by atoms with Crippen molar-refractivity contribution in [2.24, 2.45) is 4.99 Å². The standard InChI is InChI=1S/C25H34N4O2.HI/c1-2-26-25(27-12-9-19-7-8-24-21(15-19)11-14-31-24)28-16-23(30)18-29-13-10-20-5-3-4-6-22(20)17-29;/h3-8,15,23,30H,2,9-14,16-18H2,1H3,(H2,26,27,28);1H. The van der Waals surface area contributed by atoms with Crippen LogP contribution in [0.3, 0.4) is 0 Å². The second kappa shape index (κ2) is 12.4. The van der Waals surface area contributed by atoms with Crippen molar-refractivity contribution in [3.8, 4) is 5.75 Å². The molecular weight excluding hydrogens is 515 g/mol. The maximum Gasteiger partial charge on any atom is 0.191 e. The van der Waals surface area contributed by atoms with E-state index in [1.807, 2.05) is 0 Å². The first-order valence-electron chi connectivity index (χ1n) is 11.4. The van der Waals surface area contributed by atoms with Gasteiger partial charge >= 0.3 is 0 Å². The van der Waals surface area contributed by atoms with Crippen LogP contribution in [-0.2, 0) is 25.8 Å². The molecule has 3 N–H and O–H groups in total. The fraction of sp³-hybridized carbons (Fsp3) is 0.480. The van der Waals surface area contributed by atoms with Crippen LogP contribution in [0.2, 0.25) is 0 Å². The number of aliphatic imine (C=N–C) groups is 1. The van der Waals surface area contributed by atoms with Crippen molar-refractivity contribution in [1.29, 1.82) is 0 Å². The lowest BCUT2D eigenvalue weighted by molar-refractivity contribution is 0.111. The highest BCUT2D eigenvalue weighted by molar-refractivity contribution is 14.0. The van der Waals surface area contributed by atoms with E-state index in [-0.39, 0.29) is 24.0 Å². The highest BCUT2D eigenvalue weighted by atomic mass is 127. The Morgan fingerprint density at radius 1 is 1.12 bits per heavy atom. The first-order chi connectivity index (χ1) is 15.2. The number of rotatable bonds is 8. The molecule has 4 rings (SSSR count). The van der Waals surface area contributed by atoms with Crippen LogP contribution >= 0.6 is 24.0 Å². The Morgan fingerprint density at radius 3 is 2.81 bits per heavy atom. The zero-order chi connectivity index (χ0) is 21.5. The van der Waals surface area contributed by atoms with E-state index >= 15 is 0 Å². The van der Waals surface area contributed by atoms with Crippen molar-refractivity contribution in [2.45, 2.75) is 38.8 Å². The molecule has 1 unspecified atom stereocenters. The minimum atomic E-state index is -0.475. The van der Waals surface area contributed by atoms with Crippen LogP contribution in [0.5, 0.6) is 5.75 Å². The van der Waals surface area contributed by atoms with Gasteiger partial charge in [-0.25, -0.2) is 0 Å². The number of aliphatic hydroxyl groups is 1. The number of hydrogen-bond donors (Lipinski definition) is 3. The van der Waals surface area contributed by atoms with Crippen LogP contribution in [0.1, 0.15) is 29.2 Å². The van der Waals surface area contributed by atoms with Gasteiger partial charge in [-0.2, -0.15) is 0 Å². The number of nitrogens with zero attached hydrogens (tertiary/aromatic N) is 2. The summed E-state index contributed by atoms with van der Waals surface area (Å²) in [7, 11) is 0. The van der Waals surface area contributed by atoms with Gasteiger partial charge < -0.3 is 20.5 Å². The molecule has 7 heteroatoms. The van der Waals surface area contributed by atoms with Crippen molar-refractivity contribution < 1.29 is 9.84 Å². The molecule has 0 saturated heterocycles. The maximum absolute atomic E-state index is 10.5. The predicted molar refractivity (Wildman–Crippen MR) is 140 cm³/mol. The number of guanidine groups is 1. The topological polar surface area (TPSA) is 69.1 Å². The van der Waals surface area contributed by atoms with Crippen LogP contribution in [0, 0.1) is 0 Å². The molecule has 1 atom stereocenters. The average molecular weight is 550 g/mol. The van der Waals surface area contributed by atoms with E-state index in [4.69, 9.17) is 4.74 Å². The lowest BCUT2D eigenvalue weighted by Crippen LogP contribution is -2.40. The summed E-state index contributed by atoms with van der Waals surface area (Å²) in [5.74, 6) is 1.79. The Labute approximate surface area is 208 Å². The van der Waals surface area contributed by atoms with E-state index in [2.05, 4.69) is 69.9 Å². The summed E-state index contributed by atoms with van der Waals surface area (Å²) < 4.78 is 5.58. The summed E-state index contributed by atoms with van der Waals surface area (Å²) in [6.45, 7) is 7.37. The summed E-state index contributed by atoms with van der Waals surface area (Å²) in [6.07, 6.45) is 2.50. The Bertz CT molecular complexity index is 905. The Kier molecular flexibility index (Phi) is 9.62. The second-order valence-electron chi connectivity index (χ2n) is 8.34. The lowest BCUT2D eigenvalue weighted by atomic mass is 10.00. The molecule has 32 heavy (non-hydrogen) atoms. The molecule has 0 aromatic heterocycles. The third-order valence-electron chi connectivity index (χ3n) is 5.94. The average Bonchev–Trinajstić information content (AvgIpc) is 3.25. The Morgan fingerprint density at radius 2 is 1.97 bits per heavy atom. The fourth-order valence-corrected chi connectivity index (χ4v) is 4.32. The summed E-state index contributed by atoms with van der Waals surface area (Å²) in [5, 5.41) is 17.2. The first kappa shape index (κ1) is 24.8. The highest BCUT2D eigenvalue weighted by Gasteiger charge is 2.18. The largest absolute Gasteiger partial charge is 0.493 e. The molecule has 0 bridgehead atoms. The summed E-state index contributed by atoms with van der Waals surface area (Å²) in [4.78, 5) is 6.93. The van der Waals surface area contributed by atoms with Crippen LogP contribution in [0.15, 0.2) is 47.5 Å². The highest BCUT2D eigenvalue weighted by Crippen LogP contribution is 2.25. The predicted octanol–water partition coefficient (Wildman–Crippen LogP) is 2.76. The SMILES string of the molecule is CCNC(=NCC(O)CN1CCc2ccccc2C1)NCCc1ccc2c(c1)CCO2.I. The zero-order valence-corrected chi connectivity index (χ0v) is 21.2. The summed E-state index contributed by atoms with van der Waals surface area (Å²) >= 11 is 0. The van der Waals surface area contributed by atoms with Crippen molar-refractivity contribution in [3.63, 3.8) is 0 Å².